The molecule has 1 aromatic carbocycles. The SMILES string of the molecule is CCc1ncsc1C(=O)NC[C@H]1CN(c2ccc(N3CCOCC3=O)cc2)C(=O)O1. The average Bonchev–Trinajstić information content (AvgIpc) is 3.39. The maximum atomic E-state index is 12.4. The first-order valence-electron chi connectivity index (χ1n) is 9.73. The Morgan fingerprint density at radius 2 is 1.97 bits per heavy atom. The first-order valence-corrected chi connectivity index (χ1v) is 10.6. The van der Waals surface area contributed by atoms with E-state index in [1.807, 2.05) is 6.92 Å². The molecule has 0 unspecified atom stereocenters. The van der Waals surface area contributed by atoms with E-state index in [0.29, 0.717) is 36.7 Å². The summed E-state index contributed by atoms with van der Waals surface area (Å²) >= 11 is 1.30. The summed E-state index contributed by atoms with van der Waals surface area (Å²) < 4.78 is 10.5. The van der Waals surface area contributed by atoms with Gasteiger partial charge in [-0.05, 0) is 30.7 Å². The van der Waals surface area contributed by atoms with Crippen LogP contribution in [0.2, 0.25) is 0 Å². The maximum absolute atomic E-state index is 12.4. The van der Waals surface area contributed by atoms with Crippen molar-refractivity contribution in [1.82, 2.24) is 10.3 Å². The predicted octanol–water partition coefficient (Wildman–Crippen LogP) is 1.82. The van der Waals surface area contributed by atoms with Crippen LogP contribution in [-0.4, -0.2) is 61.8 Å². The highest BCUT2D eigenvalue weighted by Gasteiger charge is 2.33. The standard InChI is InChI=1S/C20H22N4O5S/c1-2-16-18(30-12-22-16)19(26)21-9-15-10-24(20(27)29-15)14-5-3-13(4-6-14)23-7-8-28-11-17(23)25/h3-6,12,15H,2,7-11H2,1H3,(H,21,26)/t15-/m0/s1. The third-order valence-corrected chi connectivity index (χ3v) is 5.87. The van der Waals surface area contributed by atoms with Gasteiger partial charge in [-0.3, -0.25) is 14.5 Å². The lowest BCUT2D eigenvalue weighted by atomic mass is 10.2. The Balaban J connectivity index is 1.35. The number of aryl methyl sites for hydroxylation is 1. The zero-order chi connectivity index (χ0) is 21.1. The number of cyclic esters (lactones) is 1. The molecular weight excluding hydrogens is 408 g/mol. The fraction of sp³-hybridized carbons (Fsp3) is 0.400. The quantitative estimate of drug-likeness (QED) is 0.750. The molecule has 2 saturated heterocycles. The van der Waals surface area contributed by atoms with Crippen LogP contribution in [0.3, 0.4) is 0 Å². The Labute approximate surface area is 177 Å². The summed E-state index contributed by atoms with van der Waals surface area (Å²) in [5.74, 6) is -0.291. The second-order valence-electron chi connectivity index (χ2n) is 6.92. The number of carbonyl (C=O) groups excluding carboxylic acids is 3. The summed E-state index contributed by atoms with van der Waals surface area (Å²) in [6.45, 7) is 3.59. The predicted molar refractivity (Wildman–Crippen MR) is 111 cm³/mol. The lowest BCUT2D eigenvalue weighted by Gasteiger charge is -2.27. The molecule has 1 atom stereocenters. The minimum Gasteiger partial charge on any atom is -0.442 e. The van der Waals surface area contributed by atoms with Gasteiger partial charge in [-0.15, -0.1) is 11.3 Å². The van der Waals surface area contributed by atoms with Crippen LogP contribution in [0.25, 0.3) is 0 Å². The third-order valence-electron chi connectivity index (χ3n) is 5.01. The number of aromatic nitrogens is 1. The highest BCUT2D eigenvalue weighted by molar-refractivity contribution is 7.11. The Morgan fingerprint density at radius 1 is 1.23 bits per heavy atom. The summed E-state index contributed by atoms with van der Waals surface area (Å²) in [6.07, 6.45) is -0.221. The van der Waals surface area contributed by atoms with Gasteiger partial charge in [-0.2, -0.15) is 0 Å². The number of anilines is 2. The van der Waals surface area contributed by atoms with Crippen LogP contribution in [0.5, 0.6) is 0 Å². The molecule has 30 heavy (non-hydrogen) atoms. The number of hydrogen-bond acceptors (Lipinski definition) is 7. The second-order valence-corrected chi connectivity index (χ2v) is 7.78. The van der Waals surface area contributed by atoms with Crippen molar-refractivity contribution in [2.75, 3.05) is 42.6 Å². The van der Waals surface area contributed by atoms with Crippen LogP contribution in [-0.2, 0) is 20.7 Å². The largest absolute Gasteiger partial charge is 0.442 e. The zero-order valence-corrected chi connectivity index (χ0v) is 17.3. The van der Waals surface area contributed by atoms with Gasteiger partial charge in [0.15, 0.2) is 0 Å². The highest BCUT2D eigenvalue weighted by atomic mass is 32.1. The molecule has 1 N–H and O–H groups in total. The first kappa shape index (κ1) is 20.3. The van der Waals surface area contributed by atoms with E-state index in [0.717, 1.165) is 11.4 Å². The van der Waals surface area contributed by atoms with E-state index in [2.05, 4.69) is 10.3 Å². The van der Waals surface area contributed by atoms with E-state index in [1.165, 1.54) is 16.2 Å². The van der Waals surface area contributed by atoms with Gasteiger partial charge in [-0.25, -0.2) is 9.78 Å². The minimum atomic E-state index is -0.462. The number of morpholine rings is 1. The summed E-state index contributed by atoms with van der Waals surface area (Å²) in [4.78, 5) is 44.6. The molecule has 2 aromatic rings. The Kier molecular flexibility index (Phi) is 5.96. The van der Waals surface area contributed by atoms with E-state index in [9.17, 15) is 14.4 Å². The molecule has 0 radical (unpaired) electrons. The van der Waals surface area contributed by atoms with Gasteiger partial charge < -0.3 is 19.7 Å². The molecule has 1 aromatic heterocycles. The van der Waals surface area contributed by atoms with Gasteiger partial charge in [-0.1, -0.05) is 6.92 Å². The number of nitrogens with zero attached hydrogens (tertiary/aromatic N) is 3. The van der Waals surface area contributed by atoms with E-state index in [4.69, 9.17) is 9.47 Å². The Hall–Kier alpha value is -2.98. The van der Waals surface area contributed by atoms with Crippen molar-refractivity contribution in [2.24, 2.45) is 0 Å². The molecule has 0 saturated carbocycles. The number of amides is 3. The maximum Gasteiger partial charge on any atom is 0.414 e. The Morgan fingerprint density at radius 3 is 2.67 bits per heavy atom. The lowest BCUT2D eigenvalue weighted by Crippen LogP contribution is -2.41. The van der Waals surface area contributed by atoms with Crippen molar-refractivity contribution in [3.05, 3.63) is 40.3 Å². The van der Waals surface area contributed by atoms with Crippen molar-refractivity contribution in [2.45, 2.75) is 19.4 Å². The van der Waals surface area contributed by atoms with Crippen molar-refractivity contribution in [1.29, 1.82) is 0 Å². The monoisotopic (exact) mass is 430 g/mol. The summed E-state index contributed by atoms with van der Waals surface area (Å²) in [5, 5.41) is 2.82. The topological polar surface area (TPSA) is 101 Å². The number of carbonyl (C=O) groups is 3. The first-order chi connectivity index (χ1) is 14.6. The zero-order valence-electron chi connectivity index (χ0n) is 16.5. The summed E-state index contributed by atoms with van der Waals surface area (Å²) in [5.41, 5.74) is 3.86. The molecule has 0 aliphatic carbocycles. The number of hydrogen-bond donors (Lipinski definition) is 1. The number of thiazole rings is 1. The molecule has 3 heterocycles. The van der Waals surface area contributed by atoms with E-state index >= 15 is 0 Å². The van der Waals surface area contributed by atoms with Crippen LogP contribution in [0.1, 0.15) is 22.3 Å². The van der Waals surface area contributed by atoms with E-state index < -0.39 is 12.2 Å². The van der Waals surface area contributed by atoms with Crippen LogP contribution < -0.4 is 15.1 Å². The van der Waals surface area contributed by atoms with Crippen molar-refractivity contribution >= 4 is 40.6 Å². The fourth-order valence-electron chi connectivity index (χ4n) is 3.43. The van der Waals surface area contributed by atoms with Gasteiger partial charge in [0.05, 0.1) is 30.9 Å². The molecule has 3 amide bonds. The third kappa shape index (κ3) is 4.14. The van der Waals surface area contributed by atoms with Crippen LogP contribution in [0, 0.1) is 0 Å². The van der Waals surface area contributed by atoms with Crippen LogP contribution >= 0.6 is 11.3 Å². The van der Waals surface area contributed by atoms with Gasteiger partial charge in [0.2, 0.25) is 0 Å². The van der Waals surface area contributed by atoms with E-state index in [1.54, 1.807) is 34.7 Å². The molecular formula is C20H22N4O5S. The van der Waals surface area contributed by atoms with Crippen molar-refractivity contribution < 1.29 is 23.9 Å². The van der Waals surface area contributed by atoms with E-state index in [-0.39, 0.29) is 25.0 Å². The van der Waals surface area contributed by atoms with Crippen molar-refractivity contribution in [3.63, 3.8) is 0 Å². The molecule has 0 spiro atoms. The van der Waals surface area contributed by atoms with Gasteiger partial charge in [0, 0.05) is 17.9 Å². The van der Waals surface area contributed by atoms with Crippen LogP contribution in [0.15, 0.2) is 29.8 Å². The smallest absolute Gasteiger partial charge is 0.414 e. The van der Waals surface area contributed by atoms with Crippen LogP contribution in [0.4, 0.5) is 16.2 Å². The normalized spacial score (nSPS) is 19.2. The molecule has 2 fully saturated rings. The molecule has 4 rings (SSSR count). The van der Waals surface area contributed by atoms with Crippen molar-refractivity contribution in [3.8, 4) is 0 Å². The summed E-state index contributed by atoms with van der Waals surface area (Å²) in [6, 6.07) is 7.17. The molecule has 2 aliphatic rings. The minimum absolute atomic E-state index is 0.0783. The molecule has 158 valence electrons. The average molecular weight is 430 g/mol. The molecule has 9 nitrogen and oxygen atoms in total. The fourth-order valence-corrected chi connectivity index (χ4v) is 4.23. The highest BCUT2D eigenvalue weighted by Crippen LogP contribution is 2.25. The molecule has 0 bridgehead atoms. The number of ether oxygens (including phenoxy) is 2. The molecule has 2 aliphatic heterocycles. The number of nitrogens with one attached hydrogen (secondary N) is 1. The van der Waals surface area contributed by atoms with Gasteiger partial charge in [0.1, 0.15) is 17.6 Å². The number of benzene rings is 1. The second kappa shape index (κ2) is 8.80. The lowest BCUT2D eigenvalue weighted by molar-refractivity contribution is -0.125. The Bertz CT molecular complexity index is 945. The van der Waals surface area contributed by atoms with Gasteiger partial charge in [0.25, 0.3) is 11.8 Å². The summed E-state index contributed by atoms with van der Waals surface area (Å²) in [7, 11) is 0. The molecule has 10 heteroatoms. The van der Waals surface area contributed by atoms with Gasteiger partial charge >= 0.3 is 6.09 Å². The number of rotatable bonds is 6.